The van der Waals surface area contributed by atoms with Gasteiger partial charge in [-0.15, -0.1) is 0 Å². The van der Waals surface area contributed by atoms with Crippen LogP contribution in [0.3, 0.4) is 0 Å². The van der Waals surface area contributed by atoms with Crippen molar-refractivity contribution in [2.24, 2.45) is 11.8 Å². The Labute approximate surface area is 122 Å². The van der Waals surface area contributed by atoms with Gasteiger partial charge >= 0.3 is 0 Å². The van der Waals surface area contributed by atoms with E-state index in [0.29, 0.717) is 18.9 Å². The highest BCUT2D eigenvalue weighted by Gasteiger charge is 2.25. The molecular formula is C14H22BrFN2O. The van der Waals surface area contributed by atoms with Gasteiger partial charge in [0.15, 0.2) is 0 Å². The zero-order chi connectivity index (χ0) is 14.4. The number of hydrogen-bond acceptors (Lipinski definition) is 3. The standard InChI is InChI=1S/C14H22BrFN2O/c1-4-19-14(9(2)3)13(18-17)8-10-7-11(16)5-6-12(10)15/h5-7,9,13-14,18H,4,8,17H2,1-3H3. The summed E-state index contributed by atoms with van der Waals surface area (Å²) in [6.45, 7) is 6.77. The number of nitrogens with one attached hydrogen (secondary N) is 1. The molecular weight excluding hydrogens is 311 g/mol. The minimum absolute atomic E-state index is 0.00910. The van der Waals surface area contributed by atoms with E-state index in [0.717, 1.165) is 10.0 Å². The molecule has 1 rings (SSSR count). The van der Waals surface area contributed by atoms with Gasteiger partial charge in [0.2, 0.25) is 0 Å². The fraction of sp³-hybridized carbons (Fsp3) is 0.571. The lowest BCUT2D eigenvalue weighted by Crippen LogP contribution is -2.49. The molecule has 2 unspecified atom stereocenters. The topological polar surface area (TPSA) is 47.3 Å². The van der Waals surface area contributed by atoms with Gasteiger partial charge in [0.05, 0.1) is 12.1 Å². The SMILES string of the molecule is CCOC(C(C)C)C(Cc1cc(F)ccc1Br)NN. The number of hydrogen-bond donors (Lipinski definition) is 2. The van der Waals surface area contributed by atoms with E-state index < -0.39 is 0 Å². The molecule has 0 aromatic heterocycles. The Balaban J connectivity index is 2.88. The zero-order valence-electron chi connectivity index (χ0n) is 11.6. The van der Waals surface area contributed by atoms with E-state index in [1.54, 1.807) is 6.07 Å². The second-order valence-electron chi connectivity index (χ2n) is 4.88. The van der Waals surface area contributed by atoms with Gasteiger partial charge < -0.3 is 4.74 Å². The maximum Gasteiger partial charge on any atom is 0.123 e. The van der Waals surface area contributed by atoms with Crippen molar-refractivity contribution < 1.29 is 9.13 Å². The molecule has 0 bridgehead atoms. The predicted octanol–water partition coefficient (Wildman–Crippen LogP) is 3.02. The fourth-order valence-corrected chi connectivity index (χ4v) is 2.58. The van der Waals surface area contributed by atoms with Crippen LogP contribution in [0, 0.1) is 11.7 Å². The van der Waals surface area contributed by atoms with Crippen molar-refractivity contribution in [3.05, 3.63) is 34.1 Å². The summed E-state index contributed by atoms with van der Waals surface area (Å²) in [4.78, 5) is 0. The summed E-state index contributed by atoms with van der Waals surface area (Å²) < 4.78 is 19.9. The Kier molecular flexibility index (Phi) is 6.93. The summed E-state index contributed by atoms with van der Waals surface area (Å²) in [5, 5.41) is 0. The van der Waals surface area contributed by atoms with Crippen molar-refractivity contribution in [3.63, 3.8) is 0 Å². The van der Waals surface area contributed by atoms with Crippen molar-refractivity contribution in [2.45, 2.75) is 39.3 Å². The third kappa shape index (κ3) is 4.84. The van der Waals surface area contributed by atoms with Crippen molar-refractivity contribution in [1.82, 2.24) is 5.43 Å². The number of hydrazine groups is 1. The van der Waals surface area contributed by atoms with Crippen LogP contribution in [0.4, 0.5) is 4.39 Å². The minimum atomic E-state index is -0.244. The van der Waals surface area contributed by atoms with Crippen LogP contribution >= 0.6 is 15.9 Å². The predicted molar refractivity (Wildman–Crippen MR) is 79.2 cm³/mol. The number of benzene rings is 1. The summed E-state index contributed by atoms with van der Waals surface area (Å²) in [5.41, 5.74) is 3.68. The van der Waals surface area contributed by atoms with Crippen LogP contribution in [0.5, 0.6) is 0 Å². The van der Waals surface area contributed by atoms with Gasteiger partial charge in [-0.1, -0.05) is 29.8 Å². The molecule has 0 radical (unpaired) electrons. The molecule has 3 N–H and O–H groups in total. The maximum absolute atomic E-state index is 13.3. The Hall–Kier alpha value is -0.490. The quantitative estimate of drug-likeness (QED) is 0.596. The number of rotatable bonds is 7. The highest BCUT2D eigenvalue weighted by Crippen LogP contribution is 2.22. The van der Waals surface area contributed by atoms with E-state index in [1.165, 1.54) is 12.1 Å². The number of nitrogens with two attached hydrogens (primary N) is 1. The third-order valence-corrected chi connectivity index (χ3v) is 3.85. The van der Waals surface area contributed by atoms with E-state index in [9.17, 15) is 4.39 Å². The summed E-state index contributed by atoms with van der Waals surface area (Å²) in [7, 11) is 0. The fourth-order valence-electron chi connectivity index (χ4n) is 2.17. The molecule has 0 amide bonds. The Morgan fingerprint density at radius 2 is 2.11 bits per heavy atom. The van der Waals surface area contributed by atoms with E-state index in [-0.39, 0.29) is 18.0 Å². The van der Waals surface area contributed by atoms with Crippen LogP contribution in [0.1, 0.15) is 26.3 Å². The maximum atomic E-state index is 13.3. The molecule has 0 fully saturated rings. The van der Waals surface area contributed by atoms with Crippen LogP contribution < -0.4 is 11.3 Å². The van der Waals surface area contributed by atoms with Gasteiger partial charge in [0.1, 0.15) is 5.82 Å². The lowest BCUT2D eigenvalue weighted by atomic mass is 9.94. The molecule has 19 heavy (non-hydrogen) atoms. The highest BCUT2D eigenvalue weighted by molar-refractivity contribution is 9.10. The molecule has 2 atom stereocenters. The van der Waals surface area contributed by atoms with E-state index in [4.69, 9.17) is 10.6 Å². The van der Waals surface area contributed by atoms with E-state index in [1.807, 2.05) is 6.92 Å². The van der Waals surface area contributed by atoms with Crippen LogP contribution in [-0.2, 0) is 11.2 Å². The van der Waals surface area contributed by atoms with E-state index >= 15 is 0 Å². The van der Waals surface area contributed by atoms with Crippen LogP contribution in [0.25, 0.3) is 0 Å². The Bertz CT molecular complexity index is 401. The van der Waals surface area contributed by atoms with Gasteiger partial charge in [0.25, 0.3) is 0 Å². The van der Waals surface area contributed by atoms with E-state index in [2.05, 4.69) is 35.2 Å². The largest absolute Gasteiger partial charge is 0.377 e. The monoisotopic (exact) mass is 332 g/mol. The number of ether oxygens (including phenoxy) is 1. The van der Waals surface area contributed by atoms with Gasteiger partial charge in [-0.05, 0) is 43.0 Å². The molecule has 0 saturated heterocycles. The molecule has 0 spiro atoms. The van der Waals surface area contributed by atoms with Crippen molar-refractivity contribution in [3.8, 4) is 0 Å². The lowest BCUT2D eigenvalue weighted by molar-refractivity contribution is 0.00351. The van der Waals surface area contributed by atoms with Gasteiger partial charge in [0, 0.05) is 11.1 Å². The second kappa shape index (κ2) is 7.94. The first-order chi connectivity index (χ1) is 8.99. The van der Waals surface area contributed by atoms with Crippen molar-refractivity contribution in [2.75, 3.05) is 6.61 Å². The van der Waals surface area contributed by atoms with Crippen molar-refractivity contribution in [1.29, 1.82) is 0 Å². The molecule has 5 heteroatoms. The van der Waals surface area contributed by atoms with Gasteiger partial charge in [-0.2, -0.15) is 0 Å². The first kappa shape index (κ1) is 16.6. The smallest absolute Gasteiger partial charge is 0.123 e. The summed E-state index contributed by atoms with van der Waals surface area (Å²) in [6, 6.07) is 4.61. The average molecular weight is 333 g/mol. The average Bonchev–Trinajstić information content (AvgIpc) is 2.37. The van der Waals surface area contributed by atoms with Crippen LogP contribution in [0.15, 0.2) is 22.7 Å². The first-order valence-electron chi connectivity index (χ1n) is 6.51. The summed E-state index contributed by atoms with van der Waals surface area (Å²) >= 11 is 3.44. The number of halogens is 2. The summed E-state index contributed by atoms with van der Waals surface area (Å²) in [5.74, 6) is 5.72. The molecule has 1 aromatic carbocycles. The minimum Gasteiger partial charge on any atom is -0.377 e. The Morgan fingerprint density at radius 3 is 2.63 bits per heavy atom. The molecule has 0 saturated carbocycles. The summed E-state index contributed by atoms with van der Waals surface area (Å²) in [6.07, 6.45) is 0.600. The zero-order valence-corrected chi connectivity index (χ0v) is 13.2. The molecule has 0 aliphatic carbocycles. The molecule has 108 valence electrons. The molecule has 1 aromatic rings. The van der Waals surface area contributed by atoms with Crippen molar-refractivity contribution >= 4 is 15.9 Å². The van der Waals surface area contributed by atoms with Gasteiger partial charge in [-0.25, -0.2) is 4.39 Å². The lowest BCUT2D eigenvalue weighted by Gasteiger charge is -2.29. The highest BCUT2D eigenvalue weighted by atomic mass is 79.9. The third-order valence-electron chi connectivity index (χ3n) is 3.07. The molecule has 0 aliphatic rings. The molecule has 0 aliphatic heterocycles. The van der Waals surface area contributed by atoms with Crippen LogP contribution in [-0.4, -0.2) is 18.8 Å². The Morgan fingerprint density at radius 1 is 1.42 bits per heavy atom. The molecule has 3 nitrogen and oxygen atoms in total. The normalized spacial score (nSPS) is 14.7. The second-order valence-corrected chi connectivity index (χ2v) is 5.73. The van der Waals surface area contributed by atoms with Gasteiger partial charge in [-0.3, -0.25) is 11.3 Å². The molecule has 0 heterocycles. The van der Waals surface area contributed by atoms with Crippen LogP contribution in [0.2, 0.25) is 0 Å². The first-order valence-corrected chi connectivity index (χ1v) is 7.30.